The molecule has 1 unspecified atom stereocenters. The van der Waals surface area contributed by atoms with Crippen LogP contribution in [0.1, 0.15) is 24.4 Å². The predicted molar refractivity (Wildman–Crippen MR) is 79.4 cm³/mol. The first-order chi connectivity index (χ1) is 10.2. The molecular formula is C16H22FN3O. The monoisotopic (exact) mass is 291 g/mol. The summed E-state index contributed by atoms with van der Waals surface area (Å²) in [5.74, 6) is 0.0835. The van der Waals surface area contributed by atoms with Crippen molar-refractivity contribution in [2.24, 2.45) is 0 Å². The molecule has 1 aromatic rings. The van der Waals surface area contributed by atoms with Gasteiger partial charge in [0.15, 0.2) is 0 Å². The second kappa shape index (κ2) is 6.54. The number of hydrogen-bond donors (Lipinski definition) is 1. The first-order valence-electron chi connectivity index (χ1n) is 7.72. The third-order valence-corrected chi connectivity index (χ3v) is 4.42. The highest BCUT2D eigenvalue weighted by molar-refractivity contribution is 5.78. The summed E-state index contributed by atoms with van der Waals surface area (Å²) in [5, 5.41) is 3.37. The molecule has 2 aliphatic heterocycles. The summed E-state index contributed by atoms with van der Waals surface area (Å²) in [4.78, 5) is 16.0. The fraction of sp³-hybridized carbons (Fsp3) is 0.562. The molecule has 5 heteroatoms. The average Bonchev–Trinajstić information content (AvgIpc) is 2.91. The number of amides is 1. The lowest BCUT2D eigenvalue weighted by atomic mass is 10.0. The van der Waals surface area contributed by atoms with Gasteiger partial charge in [0.1, 0.15) is 5.82 Å². The fourth-order valence-electron chi connectivity index (χ4n) is 3.25. The van der Waals surface area contributed by atoms with Crippen LogP contribution in [0, 0.1) is 5.82 Å². The van der Waals surface area contributed by atoms with E-state index >= 15 is 0 Å². The van der Waals surface area contributed by atoms with Gasteiger partial charge in [0.2, 0.25) is 5.91 Å². The van der Waals surface area contributed by atoms with Crippen molar-refractivity contribution in [2.45, 2.75) is 18.9 Å². The number of rotatable bonds is 4. The van der Waals surface area contributed by atoms with Crippen LogP contribution in [-0.2, 0) is 4.79 Å². The molecule has 1 atom stereocenters. The first kappa shape index (κ1) is 14.5. The Morgan fingerprint density at radius 3 is 2.95 bits per heavy atom. The van der Waals surface area contributed by atoms with Gasteiger partial charge in [-0.15, -0.1) is 0 Å². The van der Waals surface area contributed by atoms with Gasteiger partial charge in [-0.2, -0.15) is 0 Å². The third kappa shape index (κ3) is 3.41. The molecule has 114 valence electrons. The molecule has 2 heterocycles. The minimum atomic E-state index is -0.187. The largest absolute Gasteiger partial charge is 0.341 e. The smallest absolute Gasteiger partial charge is 0.222 e. The van der Waals surface area contributed by atoms with Gasteiger partial charge in [-0.05, 0) is 24.1 Å². The number of hydrogen-bond acceptors (Lipinski definition) is 3. The van der Waals surface area contributed by atoms with Gasteiger partial charge in [-0.25, -0.2) is 4.39 Å². The zero-order valence-corrected chi connectivity index (χ0v) is 12.2. The van der Waals surface area contributed by atoms with E-state index in [9.17, 15) is 9.18 Å². The molecule has 4 nitrogen and oxygen atoms in total. The highest BCUT2D eigenvalue weighted by atomic mass is 19.1. The van der Waals surface area contributed by atoms with Crippen molar-refractivity contribution in [1.82, 2.24) is 15.1 Å². The van der Waals surface area contributed by atoms with E-state index in [-0.39, 0.29) is 17.8 Å². The summed E-state index contributed by atoms with van der Waals surface area (Å²) < 4.78 is 13.4. The Morgan fingerprint density at radius 1 is 1.29 bits per heavy atom. The van der Waals surface area contributed by atoms with Gasteiger partial charge >= 0.3 is 0 Å². The van der Waals surface area contributed by atoms with Crippen molar-refractivity contribution in [3.05, 3.63) is 35.6 Å². The zero-order valence-electron chi connectivity index (χ0n) is 12.2. The van der Waals surface area contributed by atoms with Crippen LogP contribution in [0.2, 0.25) is 0 Å². The molecule has 2 saturated heterocycles. The normalized spacial score (nSPS) is 23.8. The molecule has 0 aliphatic carbocycles. The lowest BCUT2D eigenvalue weighted by molar-refractivity contribution is -0.127. The van der Waals surface area contributed by atoms with Gasteiger partial charge in [0.25, 0.3) is 0 Å². The van der Waals surface area contributed by atoms with E-state index in [0.717, 1.165) is 51.3 Å². The highest BCUT2D eigenvalue weighted by Crippen LogP contribution is 2.23. The van der Waals surface area contributed by atoms with Crippen molar-refractivity contribution in [3.63, 3.8) is 0 Å². The van der Waals surface area contributed by atoms with Crippen LogP contribution in [0.5, 0.6) is 0 Å². The maximum atomic E-state index is 13.4. The molecule has 3 rings (SSSR count). The summed E-state index contributed by atoms with van der Waals surface area (Å²) in [6.07, 6.45) is 1.67. The van der Waals surface area contributed by atoms with Crippen molar-refractivity contribution < 1.29 is 9.18 Å². The Balaban J connectivity index is 1.65. The van der Waals surface area contributed by atoms with Crippen LogP contribution in [0.3, 0.4) is 0 Å². The van der Waals surface area contributed by atoms with Crippen LogP contribution >= 0.6 is 0 Å². The van der Waals surface area contributed by atoms with Crippen molar-refractivity contribution in [2.75, 3.05) is 39.3 Å². The van der Waals surface area contributed by atoms with Crippen LogP contribution in [0.4, 0.5) is 4.39 Å². The average molecular weight is 291 g/mol. The molecule has 0 saturated carbocycles. The van der Waals surface area contributed by atoms with E-state index in [0.29, 0.717) is 6.42 Å². The van der Waals surface area contributed by atoms with E-state index in [1.807, 2.05) is 11.0 Å². The van der Waals surface area contributed by atoms with E-state index in [1.165, 1.54) is 6.07 Å². The molecule has 2 aliphatic rings. The van der Waals surface area contributed by atoms with Gasteiger partial charge in [0.05, 0.1) is 0 Å². The Kier molecular flexibility index (Phi) is 4.51. The summed E-state index contributed by atoms with van der Waals surface area (Å²) >= 11 is 0. The zero-order chi connectivity index (χ0) is 14.7. The summed E-state index contributed by atoms with van der Waals surface area (Å²) in [6.45, 7) is 5.23. The number of benzene rings is 1. The first-order valence-corrected chi connectivity index (χ1v) is 7.72. The number of nitrogens with one attached hydrogen (secondary N) is 1. The van der Waals surface area contributed by atoms with Crippen molar-refractivity contribution in [3.8, 4) is 0 Å². The number of carbonyl (C=O) groups excluding carboxylic acids is 1. The van der Waals surface area contributed by atoms with Crippen LogP contribution in [0.25, 0.3) is 0 Å². The lowest BCUT2D eigenvalue weighted by Gasteiger charge is -2.37. The van der Waals surface area contributed by atoms with Crippen LogP contribution < -0.4 is 5.32 Å². The van der Waals surface area contributed by atoms with E-state index in [1.54, 1.807) is 12.1 Å². The minimum absolute atomic E-state index is 0.187. The van der Waals surface area contributed by atoms with E-state index < -0.39 is 0 Å². The van der Waals surface area contributed by atoms with E-state index in [2.05, 4.69) is 10.2 Å². The topological polar surface area (TPSA) is 35.6 Å². The van der Waals surface area contributed by atoms with Gasteiger partial charge in [-0.1, -0.05) is 12.1 Å². The van der Waals surface area contributed by atoms with Gasteiger partial charge < -0.3 is 10.2 Å². The molecule has 2 fully saturated rings. The molecule has 1 aromatic carbocycles. The quantitative estimate of drug-likeness (QED) is 0.911. The molecule has 1 amide bonds. The molecule has 0 spiro atoms. The molecule has 0 bridgehead atoms. The van der Waals surface area contributed by atoms with Crippen molar-refractivity contribution >= 4 is 5.91 Å². The number of halogens is 1. The summed E-state index contributed by atoms with van der Waals surface area (Å²) in [6, 6.07) is 7.03. The molecule has 1 N–H and O–H groups in total. The molecule has 21 heavy (non-hydrogen) atoms. The molecule has 0 aromatic heterocycles. The van der Waals surface area contributed by atoms with Gasteiger partial charge in [-0.3, -0.25) is 9.69 Å². The lowest BCUT2D eigenvalue weighted by Crippen LogP contribution is -2.48. The Labute approximate surface area is 124 Å². The maximum absolute atomic E-state index is 13.4. The molecule has 0 radical (unpaired) electrons. The van der Waals surface area contributed by atoms with Crippen LogP contribution in [0.15, 0.2) is 24.3 Å². The van der Waals surface area contributed by atoms with E-state index in [4.69, 9.17) is 0 Å². The summed E-state index contributed by atoms with van der Waals surface area (Å²) in [5.41, 5.74) is 1.01. The number of nitrogens with zero attached hydrogens (tertiary/aromatic N) is 2. The Hall–Kier alpha value is -1.46. The number of piperazine rings is 1. The SMILES string of the molecule is O=C1CCCN1CCN1CCNCC1c1cccc(F)c1. The van der Waals surface area contributed by atoms with Gasteiger partial charge in [0, 0.05) is 51.7 Å². The van der Waals surface area contributed by atoms with Crippen LogP contribution in [-0.4, -0.2) is 55.0 Å². The number of likely N-dealkylation sites (tertiary alicyclic amines) is 1. The predicted octanol–water partition coefficient (Wildman–Crippen LogP) is 1.39. The second-order valence-electron chi connectivity index (χ2n) is 5.80. The molecular weight excluding hydrogens is 269 g/mol. The van der Waals surface area contributed by atoms with Crippen molar-refractivity contribution in [1.29, 1.82) is 0 Å². The maximum Gasteiger partial charge on any atom is 0.222 e. The fourth-order valence-corrected chi connectivity index (χ4v) is 3.25. The Morgan fingerprint density at radius 2 is 2.19 bits per heavy atom. The number of carbonyl (C=O) groups is 1. The second-order valence-corrected chi connectivity index (χ2v) is 5.80. The summed E-state index contributed by atoms with van der Waals surface area (Å²) in [7, 11) is 0. The Bertz CT molecular complexity index is 508. The minimum Gasteiger partial charge on any atom is -0.341 e. The standard InChI is InChI=1S/C16H22FN3O/c17-14-4-1-3-13(11-14)15-12-18-6-8-19(15)9-10-20-7-2-5-16(20)21/h1,3-4,11,15,18H,2,5-10,12H2. The highest BCUT2D eigenvalue weighted by Gasteiger charge is 2.26. The third-order valence-electron chi connectivity index (χ3n) is 4.42.